The van der Waals surface area contributed by atoms with Crippen molar-refractivity contribution in [1.29, 1.82) is 0 Å². The third-order valence-corrected chi connectivity index (χ3v) is 5.46. The number of hydrogen-bond acceptors (Lipinski definition) is 5. The molecule has 5 nitrogen and oxygen atoms in total. The molecule has 1 saturated heterocycles. The van der Waals surface area contributed by atoms with E-state index in [1.54, 1.807) is 0 Å². The summed E-state index contributed by atoms with van der Waals surface area (Å²) >= 11 is 0. The van der Waals surface area contributed by atoms with Gasteiger partial charge in [-0.25, -0.2) is 4.98 Å². The predicted octanol–water partition coefficient (Wildman–Crippen LogP) is 1.70. The molecular weight excluding hydrogens is 274 g/mol. The normalized spacial score (nSPS) is 31.1. The Morgan fingerprint density at radius 3 is 2.59 bits per heavy atom. The summed E-state index contributed by atoms with van der Waals surface area (Å²) in [4.78, 5) is 13.5. The summed E-state index contributed by atoms with van der Waals surface area (Å²) in [5, 5.41) is 0. The van der Waals surface area contributed by atoms with E-state index < -0.39 is 0 Å². The number of nitrogens with two attached hydrogens (primary N) is 1. The average molecular weight is 299 g/mol. The van der Waals surface area contributed by atoms with Crippen molar-refractivity contribution < 1.29 is 0 Å². The van der Waals surface area contributed by atoms with Crippen molar-refractivity contribution in [2.45, 2.75) is 19.8 Å². The maximum absolute atomic E-state index is 5.77. The molecule has 0 radical (unpaired) electrons. The van der Waals surface area contributed by atoms with Gasteiger partial charge >= 0.3 is 0 Å². The van der Waals surface area contributed by atoms with E-state index in [-0.39, 0.29) is 0 Å². The molecule has 0 unspecified atom stereocenters. The number of aryl methyl sites for hydroxylation is 1. The highest BCUT2D eigenvalue weighted by Crippen LogP contribution is 2.43. The first kappa shape index (κ1) is 14.0. The molecule has 3 aliphatic rings. The van der Waals surface area contributed by atoms with E-state index in [1.165, 1.54) is 19.4 Å². The van der Waals surface area contributed by atoms with Gasteiger partial charge in [0.15, 0.2) is 0 Å². The number of anilines is 2. The van der Waals surface area contributed by atoms with E-state index in [2.05, 4.69) is 31.9 Å². The van der Waals surface area contributed by atoms with Crippen LogP contribution < -0.4 is 10.6 Å². The zero-order chi connectivity index (χ0) is 15.1. The number of fused-ring (bicyclic) bond motifs is 2. The van der Waals surface area contributed by atoms with Gasteiger partial charge in [0.25, 0.3) is 0 Å². The lowest BCUT2D eigenvalue weighted by atomic mass is 9.93. The van der Waals surface area contributed by atoms with Crippen molar-refractivity contribution >= 4 is 11.8 Å². The Morgan fingerprint density at radius 2 is 1.95 bits per heavy atom. The summed E-state index contributed by atoms with van der Waals surface area (Å²) in [5.74, 6) is 3.98. The van der Waals surface area contributed by atoms with Crippen LogP contribution in [0.4, 0.5) is 11.8 Å². The fourth-order valence-corrected chi connectivity index (χ4v) is 4.33. The number of aromatic nitrogens is 2. The van der Waals surface area contributed by atoms with Crippen LogP contribution >= 0.6 is 0 Å². The molecule has 4 rings (SSSR count). The van der Waals surface area contributed by atoms with Crippen molar-refractivity contribution in [2.24, 2.45) is 17.8 Å². The molecule has 0 spiro atoms. The molecule has 2 N–H and O–H groups in total. The van der Waals surface area contributed by atoms with Gasteiger partial charge in [0.1, 0.15) is 5.82 Å². The van der Waals surface area contributed by atoms with E-state index in [9.17, 15) is 0 Å². The van der Waals surface area contributed by atoms with Crippen molar-refractivity contribution in [3.8, 4) is 0 Å². The lowest BCUT2D eigenvalue weighted by molar-refractivity contribution is 0.204. The van der Waals surface area contributed by atoms with Gasteiger partial charge in [0, 0.05) is 44.5 Å². The Labute approximate surface area is 132 Å². The summed E-state index contributed by atoms with van der Waals surface area (Å²) < 4.78 is 0. The third-order valence-electron chi connectivity index (χ3n) is 5.46. The van der Waals surface area contributed by atoms with Crippen LogP contribution in [0.25, 0.3) is 0 Å². The van der Waals surface area contributed by atoms with Gasteiger partial charge in [-0.1, -0.05) is 12.2 Å². The molecule has 5 heteroatoms. The van der Waals surface area contributed by atoms with E-state index >= 15 is 0 Å². The minimum atomic E-state index is 0.381. The van der Waals surface area contributed by atoms with Crippen molar-refractivity contribution in [1.82, 2.24) is 14.9 Å². The van der Waals surface area contributed by atoms with Crippen LogP contribution in [-0.2, 0) is 0 Å². The van der Waals surface area contributed by atoms with Crippen LogP contribution in [-0.4, -0.2) is 47.6 Å². The first-order valence-electron chi connectivity index (χ1n) is 8.44. The van der Waals surface area contributed by atoms with Crippen molar-refractivity contribution in [3.05, 3.63) is 23.9 Å². The molecule has 2 heterocycles. The zero-order valence-electron chi connectivity index (χ0n) is 13.3. The monoisotopic (exact) mass is 299 g/mol. The first-order valence-corrected chi connectivity index (χ1v) is 8.44. The lowest BCUT2D eigenvalue weighted by Crippen LogP contribution is -2.48. The van der Waals surface area contributed by atoms with Crippen LogP contribution in [0.1, 0.15) is 18.5 Å². The molecule has 2 aliphatic carbocycles. The molecule has 1 aromatic heterocycles. The van der Waals surface area contributed by atoms with Gasteiger partial charge in [0.2, 0.25) is 5.95 Å². The molecule has 2 bridgehead atoms. The topological polar surface area (TPSA) is 58.3 Å². The highest BCUT2D eigenvalue weighted by molar-refractivity contribution is 5.43. The van der Waals surface area contributed by atoms with Crippen molar-refractivity contribution in [2.75, 3.05) is 43.4 Å². The lowest BCUT2D eigenvalue weighted by Gasteiger charge is -2.37. The molecule has 0 aromatic carbocycles. The molecule has 3 atom stereocenters. The summed E-state index contributed by atoms with van der Waals surface area (Å²) in [7, 11) is 0. The van der Waals surface area contributed by atoms with E-state index in [1.807, 2.05) is 13.0 Å². The average Bonchev–Trinajstić information content (AvgIpc) is 3.09. The Hall–Kier alpha value is -1.62. The summed E-state index contributed by atoms with van der Waals surface area (Å²) in [5.41, 5.74) is 6.71. The number of piperazine rings is 1. The van der Waals surface area contributed by atoms with E-state index in [0.29, 0.717) is 5.95 Å². The minimum Gasteiger partial charge on any atom is -0.368 e. The Morgan fingerprint density at radius 1 is 1.14 bits per heavy atom. The number of allylic oxidation sites excluding steroid dienone is 2. The van der Waals surface area contributed by atoms with Crippen LogP contribution in [0.15, 0.2) is 18.2 Å². The van der Waals surface area contributed by atoms with Crippen LogP contribution in [0.3, 0.4) is 0 Å². The van der Waals surface area contributed by atoms with Gasteiger partial charge in [-0.2, -0.15) is 4.98 Å². The second-order valence-corrected chi connectivity index (χ2v) is 7.05. The number of rotatable bonds is 3. The Bertz CT molecular complexity index is 556. The maximum Gasteiger partial charge on any atom is 0.222 e. The fourth-order valence-electron chi connectivity index (χ4n) is 4.33. The molecule has 1 aliphatic heterocycles. The number of nitrogen functional groups attached to an aromatic ring is 1. The second kappa shape index (κ2) is 5.54. The summed E-state index contributed by atoms with van der Waals surface area (Å²) in [6.07, 6.45) is 7.70. The Balaban J connectivity index is 1.33. The quantitative estimate of drug-likeness (QED) is 0.861. The highest BCUT2D eigenvalue weighted by atomic mass is 15.3. The molecule has 0 amide bonds. The number of nitrogens with zero attached hydrogens (tertiary/aromatic N) is 4. The summed E-state index contributed by atoms with van der Waals surface area (Å²) in [6, 6.07) is 2.03. The molecule has 22 heavy (non-hydrogen) atoms. The second-order valence-electron chi connectivity index (χ2n) is 7.05. The van der Waals surface area contributed by atoms with Crippen molar-refractivity contribution in [3.63, 3.8) is 0 Å². The first-order chi connectivity index (χ1) is 10.7. The number of hydrogen-bond donors (Lipinski definition) is 1. The molecule has 118 valence electrons. The van der Waals surface area contributed by atoms with Gasteiger partial charge < -0.3 is 10.6 Å². The van der Waals surface area contributed by atoms with Gasteiger partial charge in [0.05, 0.1) is 0 Å². The molecule has 2 fully saturated rings. The Kier molecular flexibility index (Phi) is 3.53. The van der Waals surface area contributed by atoms with Gasteiger partial charge in [-0.3, -0.25) is 4.90 Å². The van der Waals surface area contributed by atoms with Crippen LogP contribution in [0, 0.1) is 24.7 Å². The van der Waals surface area contributed by atoms with Crippen LogP contribution in [0.5, 0.6) is 0 Å². The van der Waals surface area contributed by atoms with Crippen LogP contribution in [0.2, 0.25) is 0 Å². The molecule has 1 saturated carbocycles. The summed E-state index contributed by atoms with van der Waals surface area (Å²) in [6.45, 7) is 7.56. The fraction of sp³-hybridized carbons (Fsp3) is 0.647. The molecular formula is C17H25N5. The van der Waals surface area contributed by atoms with Gasteiger partial charge in [-0.05, 0) is 37.5 Å². The molecule has 1 aromatic rings. The largest absolute Gasteiger partial charge is 0.368 e. The van der Waals surface area contributed by atoms with E-state index in [4.69, 9.17) is 5.73 Å². The smallest absolute Gasteiger partial charge is 0.222 e. The predicted molar refractivity (Wildman–Crippen MR) is 88.7 cm³/mol. The van der Waals surface area contributed by atoms with E-state index in [0.717, 1.165) is 55.4 Å². The third kappa shape index (κ3) is 2.70. The SMILES string of the molecule is Cc1cc(N2CCN(C[C@H]3C[C@H]4C=C[C@@H]3C4)CC2)nc(N)n1. The maximum atomic E-state index is 5.77. The standard InChI is InChI=1S/C17H25N5/c1-12-8-16(20-17(18)19-12)22-6-4-21(5-7-22)11-15-10-13-2-3-14(15)9-13/h2-3,8,13-15H,4-7,9-11H2,1H3,(H2,18,19,20)/t13-,14+,15+/m0/s1. The van der Waals surface area contributed by atoms with Gasteiger partial charge in [-0.15, -0.1) is 0 Å². The highest BCUT2D eigenvalue weighted by Gasteiger charge is 2.36. The minimum absolute atomic E-state index is 0.381. The zero-order valence-corrected chi connectivity index (χ0v) is 13.3.